The maximum atomic E-state index is 10.3. The van der Waals surface area contributed by atoms with Crippen molar-refractivity contribution in [1.29, 1.82) is 0 Å². The van der Waals surface area contributed by atoms with Crippen LogP contribution in [0.15, 0.2) is 30.3 Å². The Kier molecular flexibility index (Phi) is 5.51. The van der Waals surface area contributed by atoms with Crippen molar-refractivity contribution in [3.8, 4) is 0 Å². The minimum Gasteiger partial charge on any atom is -0.387 e. The molecule has 3 rings (SSSR count). The van der Waals surface area contributed by atoms with Crippen molar-refractivity contribution in [2.24, 2.45) is 11.8 Å². The van der Waals surface area contributed by atoms with Crippen molar-refractivity contribution in [2.45, 2.75) is 44.8 Å². The topological polar surface area (TPSA) is 35.5 Å². The van der Waals surface area contributed by atoms with Gasteiger partial charge >= 0.3 is 0 Å². The molecule has 2 unspecified atom stereocenters. The fourth-order valence-electron chi connectivity index (χ4n) is 3.51. The molecule has 3 heteroatoms. The first kappa shape index (κ1) is 16.0. The molecule has 1 saturated carbocycles. The maximum Gasteiger partial charge on any atom is 0.0916 e. The Morgan fingerprint density at radius 3 is 2.45 bits per heavy atom. The molecule has 2 aliphatic rings. The largest absolute Gasteiger partial charge is 0.387 e. The van der Waals surface area contributed by atoms with Gasteiger partial charge in [0.25, 0.3) is 0 Å². The van der Waals surface area contributed by atoms with E-state index < -0.39 is 0 Å². The third kappa shape index (κ3) is 4.55. The van der Waals surface area contributed by atoms with E-state index in [1.54, 1.807) is 0 Å². The summed E-state index contributed by atoms with van der Waals surface area (Å²) < 4.78 is 0. The highest BCUT2D eigenvalue weighted by Crippen LogP contribution is 2.32. The lowest BCUT2D eigenvalue weighted by Gasteiger charge is -2.33. The summed E-state index contributed by atoms with van der Waals surface area (Å²) in [6.45, 7) is 6.51. The van der Waals surface area contributed by atoms with Crippen molar-refractivity contribution in [2.75, 3.05) is 26.2 Å². The molecule has 2 N–H and O–H groups in total. The summed E-state index contributed by atoms with van der Waals surface area (Å²) in [5.74, 6) is 1.76. The predicted octanol–water partition coefficient (Wildman–Crippen LogP) is 2.82. The highest BCUT2D eigenvalue weighted by molar-refractivity contribution is 5.17. The molecule has 122 valence electrons. The van der Waals surface area contributed by atoms with Crippen LogP contribution in [0.1, 0.15) is 44.3 Å². The first-order valence-corrected chi connectivity index (χ1v) is 8.91. The van der Waals surface area contributed by atoms with Gasteiger partial charge in [-0.05, 0) is 69.6 Å². The molecule has 1 heterocycles. The summed E-state index contributed by atoms with van der Waals surface area (Å²) >= 11 is 0. The van der Waals surface area contributed by atoms with Crippen LogP contribution in [0.3, 0.4) is 0 Å². The number of hydrogen-bond donors (Lipinski definition) is 2. The molecular formula is C19H30N2O. The summed E-state index contributed by atoms with van der Waals surface area (Å²) in [5, 5.41) is 14.1. The van der Waals surface area contributed by atoms with Crippen LogP contribution in [-0.2, 0) is 0 Å². The summed E-state index contributed by atoms with van der Waals surface area (Å²) in [4.78, 5) is 2.42. The SMILES string of the molecule is CC(NCC1CCN(CC(O)c2ccccc2)CC1)C1CC1. The van der Waals surface area contributed by atoms with Crippen molar-refractivity contribution >= 4 is 0 Å². The third-order valence-corrected chi connectivity index (χ3v) is 5.38. The summed E-state index contributed by atoms with van der Waals surface area (Å²) in [6, 6.07) is 10.7. The van der Waals surface area contributed by atoms with Crippen LogP contribution in [-0.4, -0.2) is 42.2 Å². The minimum atomic E-state index is -0.356. The predicted molar refractivity (Wildman–Crippen MR) is 90.8 cm³/mol. The normalized spacial score (nSPS) is 23.4. The lowest BCUT2D eigenvalue weighted by atomic mass is 9.95. The number of likely N-dealkylation sites (tertiary alicyclic amines) is 1. The van der Waals surface area contributed by atoms with Crippen LogP contribution in [0, 0.1) is 11.8 Å². The average molecular weight is 302 g/mol. The first-order valence-electron chi connectivity index (χ1n) is 8.91. The number of nitrogens with zero attached hydrogens (tertiary/aromatic N) is 1. The van der Waals surface area contributed by atoms with Gasteiger partial charge in [-0.1, -0.05) is 30.3 Å². The zero-order chi connectivity index (χ0) is 15.4. The lowest BCUT2D eigenvalue weighted by Crippen LogP contribution is -2.41. The second-order valence-electron chi connectivity index (χ2n) is 7.20. The van der Waals surface area contributed by atoms with Gasteiger partial charge in [-0.15, -0.1) is 0 Å². The van der Waals surface area contributed by atoms with Crippen molar-refractivity contribution < 1.29 is 5.11 Å². The fourth-order valence-corrected chi connectivity index (χ4v) is 3.51. The Bertz CT molecular complexity index is 438. The Labute approximate surface area is 134 Å². The van der Waals surface area contributed by atoms with Gasteiger partial charge in [-0.3, -0.25) is 0 Å². The van der Waals surface area contributed by atoms with Crippen LogP contribution in [0.2, 0.25) is 0 Å². The average Bonchev–Trinajstić information content (AvgIpc) is 3.40. The van der Waals surface area contributed by atoms with Gasteiger partial charge in [0.05, 0.1) is 6.10 Å². The number of piperidine rings is 1. The molecule has 1 aliphatic carbocycles. The Balaban J connectivity index is 1.36. The van der Waals surface area contributed by atoms with Crippen molar-refractivity contribution in [1.82, 2.24) is 10.2 Å². The van der Waals surface area contributed by atoms with Gasteiger partial charge < -0.3 is 15.3 Å². The smallest absolute Gasteiger partial charge is 0.0916 e. The van der Waals surface area contributed by atoms with Gasteiger partial charge in [0.2, 0.25) is 0 Å². The first-order chi connectivity index (χ1) is 10.7. The van der Waals surface area contributed by atoms with E-state index >= 15 is 0 Å². The Hall–Kier alpha value is -0.900. The van der Waals surface area contributed by atoms with Gasteiger partial charge in [0.1, 0.15) is 0 Å². The molecule has 1 aromatic rings. The molecule has 0 radical (unpaired) electrons. The molecule has 1 aromatic carbocycles. The van der Waals surface area contributed by atoms with E-state index in [2.05, 4.69) is 17.1 Å². The molecule has 3 nitrogen and oxygen atoms in total. The molecule has 1 saturated heterocycles. The van der Waals surface area contributed by atoms with E-state index in [0.29, 0.717) is 6.04 Å². The second-order valence-corrected chi connectivity index (χ2v) is 7.20. The number of rotatable bonds is 7. The number of aliphatic hydroxyl groups is 1. The standard InChI is InChI=1S/C19H30N2O/c1-15(17-7-8-17)20-13-16-9-11-21(12-10-16)14-19(22)18-5-3-2-4-6-18/h2-6,15-17,19-20,22H,7-14H2,1H3. The van der Waals surface area contributed by atoms with Crippen molar-refractivity contribution in [3.05, 3.63) is 35.9 Å². The Morgan fingerprint density at radius 2 is 1.82 bits per heavy atom. The van der Waals surface area contributed by atoms with Crippen LogP contribution >= 0.6 is 0 Å². The van der Waals surface area contributed by atoms with Gasteiger partial charge in [-0.2, -0.15) is 0 Å². The molecule has 2 atom stereocenters. The second kappa shape index (κ2) is 7.58. The van der Waals surface area contributed by atoms with E-state index in [1.807, 2.05) is 30.3 Å². The third-order valence-electron chi connectivity index (χ3n) is 5.38. The monoisotopic (exact) mass is 302 g/mol. The maximum absolute atomic E-state index is 10.3. The van der Waals surface area contributed by atoms with Crippen LogP contribution in [0.4, 0.5) is 0 Å². The molecular weight excluding hydrogens is 272 g/mol. The summed E-state index contributed by atoms with van der Waals surface area (Å²) in [5.41, 5.74) is 1.03. The zero-order valence-corrected chi connectivity index (χ0v) is 13.7. The van der Waals surface area contributed by atoms with Crippen LogP contribution in [0.5, 0.6) is 0 Å². The molecule has 0 aromatic heterocycles. The number of hydrogen-bond acceptors (Lipinski definition) is 3. The number of benzene rings is 1. The zero-order valence-electron chi connectivity index (χ0n) is 13.7. The molecule has 2 fully saturated rings. The Morgan fingerprint density at radius 1 is 1.14 bits per heavy atom. The van der Waals surface area contributed by atoms with E-state index in [0.717, 1.165) is 37.0 Å². The van der Waals surface area contributed by atoms with E-state index in [9.17, 15) is 5.11 Å². The van der Waals surface area contributed by atoms with Crippen molar-refractivity contribution in [3.63, 3.8) is 0 Å². The number of nitrogens with one attached hydrogen (secondary N) is 1. The lowest BCUT2D eigenvalue weighted by molar-refractivity contribution is 0.0887. The van der Waals surface area contributed by atoms with Crippen LogP contribution in [0.25, 0.3) is 0 Å². The fraction of sp³-hybridized carbons (Fsp3) is 0.684. The van der Waals surface area contributed by atoms with Gasteiger partial charge in [-0.25, -0.2) is 0 Å². The van der Waals surface area contributed by atoms with E-state index in [-0.39, 0.29) is 6.10 Å². The van der Waals surface area contributed by atoms with E-state index in [4.69, 9.17) is 0 Å². The highest BCUT2D eigenvalue weighted by Gasteiger charge is 2.28. The minimum absolute atomic E-state index is 0.356. The quantitative estimate of drug-likeness (QED) is 0.813. The molecule has 0 bridgehead atoms. The number of aliphatic hydroxyl groups excluding tert-OH is 1. The molecule has 22 heavy (non-hydrogen) atoms. The molecule has 0 spiro atoms. The van der Waals surface area contributed by atoms with Crippen LogP contribution < -0.4 is 5.32 Å². The van der Waals surface area contributed by atoms with E-state index in [1.165, 1.54) is 32.2 Å². The van der Waals surface area contributed by atoms with Gasteiger partial charge in [0.15, 0.2) is 0 Å². The molecule has 1 aliphatic heterocycles. The number of β-amino-alcohol motifs (C(OH)–C–C–N with tert-alkyl or cyclic N) is 1. The summed E-state index contributed by atoms with van der Waals surface area (Å²) in [7, 11) is 0. The van der Waals surface area contributed by atoms with Gasteiger partial charge in [0, 0.05) is 12.6 Å². The highest BCUT2D eigenvalue weighted by atomic mass is 16.3. The summed E-state index contributed by atoms with van der Waals surface area (Å²) in [6.07, 6.45) is 5.00. The molecule has 0 amide bonds.